The number of likely N-dealkylation sites (N-methyl/N-ethyl adjacent to an activating group) is 1. The van der Waals surface area contributed by atoms with Gasteiger partial charge in [-0.05, 0) is 30.4 Å². The molecule has 1 unspecified atom stereocenters. The number of hydrogen-bond acceptors (Lipinski definition) is 1. The van der Waals surface area contributed by atoms with Crippen molar-refractivity contribution in [3.8, 4) is 0 Å². The Morgan fingerprint density at radius 3 is 1.84 bits per heavy atom. The van der Waals surface area contributed by atoms with Crippen molar-refractivity contribution in [2.75, 3.05) is 6.54 Å². The maximum Gasteiger partial charge on any atom is 0.0212 e. The van der Waals surface area contributed by atoms with Crippen molar-refractivity contribution in [1.82, 2.24) is 5.32 Å². The first-order chi connectivity index (χ1) is 8.92. The number of nitrogens with one attached hydrogen (secondary N) is 1. The van der Waals surface area contributed by atoms with Crippen LogP contribution in [0.15, 0.2) is 30.3 Å². The normalized spacial score (nSPS) is 14.4. The molecular weight excluding hydrogens is 230 g/mol. The van der Waals surface area contributed by atoms with E-state index in [9.17, 15) is 0 Å². The number of rotatable bonds is 6. The average Bonchev–Trinajstić information content (AvgIpc) is 2.40. The van der Waals surface area contributed by atoms with E-state index in [2.05, 4.69) is 77.2 Å². The predicted octanol–water partition coefficient (Wildman–Crippen LogP) is 4.77. The summed E-state index contributed by atoms with van der Waals surface area (Å²) in [6, 6.07) is 11.5. The standard InChI is InChI=1S/C18H31N/c1-7-18(8-2,15-13-11-10-12-14-15)16(19-9-3)17(4,5)6/h10-14,16,19H,7-9H2,1-6H3. The summed E-state index contributed by atoms with van der Waals surface area (Å²) in [4.78, 5) is 0. The van der Waals surface area contributed by atoms with Crippen LogP contribution in [0.2, 0.25) is 0 Å². The molecule has 0 aliphatic heterocycles. The molecule has 0 radical (unpaired) electrons. The lowest BCUT2D eigenvalue weighted by Gasteiger charge is -2.47. The molecule has 0 spiro atoms. The molecular formula is C18H31N. The average molecular weight is 261 g/mol. The van der Waals surface area contributed by atoms with Crippen LogP contribution in [0.5, 0.6) is 0 Å². The second-order valence-corrected chi connectivity index (χ2v) is 6.59. The van der Waals surface area contributed by atoms with Crippen molar-refractivity contribution in [3.05, 3.63) is 35.9 Å². The highest BCUT2D eigenvalue weighted by Crippen LogP contribution is 2.42. The monoisotopic (exact) mass is 261 g/mol. The first-order valence-corrected chi connectivity index (χ1v) is 7.71. The molecule has 1 rings (SSSR count). The highest BCUT2D eigenvalue weighted by atomic mass is 14.9. The minimum atomic E-state index is 0.218. The van der Waals surface area contributed by atoms with Crippen molar-refractivity contribution >= 4 is 0 Å². The summed E-state index contributed by atoms with van der Waals surface area (Å²) < 4.78 is 0. The van der Waals surface area contributed by atoms with Gasteiger partial charge in [0, 0.05) is 11.5 Å². The smallest absolute Gasteiger partial charge is 0.0212 e. The van der Waals surface area contributed by atoms with Crippen molar-refractivity contribution in [1.29, 1.82) is 0 Å². The molecule has 1 aromatic carbocycles. The molecule has 0 aromatic heterocycles. The summed E-state index contributed by atoms with van der Waals surface area (Å²) in [6.07, 6.45) is 2.34. The third kappa shape index (κ3) is 3.39. The Kier molecular flexibility index (Phi) is 5.61. The Labute approximate surface area is 119 Å². The lowest BCUT2D eigenvalue weighted by molar-refractivity contribution is 0.150. The Hall–Kier alpha value is -0.820. The van der Waals surface area contributed by atoms with Crippen LogP contribution in [0, 0.1) is 5.41 Å². The van der Waals surface area contributed by atoms with Gasteiger partial charge in [0.2, 0.25) is 0 Å². The molecule has 108 valence electrons. The first-order valence-electron chi connectivity index (χ1n) is 7.71. The second kappa shape index (κ2) is 6.56. The summed E-state index contributed by atoms with van der Waals surface area (Å²) in [5.74, 6) is 0. The van der Waals surface area contributed by atoms with Crippen LogP contribution < -0.4 is 5.32 Å². The van der Waals surface area contributed by atoms with Gasteiger partial charge in [0.05, 0.1) is 0 Å². The Balaban J connectivity index is 3.30. The summed E-state index contributed by atoms with van der Waals surface area (Å²) in [7, 11) is 0. The Bertz CT molecular complexity index is 357. The highest BCUT2D eigenvalue weighted by molar-refractivity contribution is 5.28. The summed E-state index contributed by atoms with van der Waals surface area (Å²) >= 11 is 0. The maximum atomic E-state index is 3.76. The zero-order valence-electron chi connectivity index (χ0n) is 13.6. The first kappa shape index (κ1) is 16.2. The Morgan fingerprint density at radius 1 is 0.947 bits per heavy atom. The lowest BCUT2D eigenvalue weighted by atomic mass is 9.62. The van der Waals surface area contributed by atoms with E-state index in [1.54, 1.807) is 0 Å². The predicted molar refractivity (Wildman–Crippen MR) is 85.6 cm³/mol. The molecule has 19 heavy (non-hydrogen) atoms. The molecule has 1 N–H and O–H groups in total. The topological polar surface area (TPSA) is 12.0 Å². The van der Waals surface area contributed by atoms with Gasteiger partial charge in [-0.25, -0.2) is 0 Å². The largest absolute Gasteiger partial charge is 0.313 e. The SMILES string of the molecule is CCNC(C(C)(C)C)C(CC)(CC)c1ccccc1. The van der Waals surface area contributed by atoms with Crippen LogP contribution in [0.3, 0.4) is 0 Å². The molecule has 1 heteroatoms. The second-order valence-electron chi connectivity index (χ2n) is 6.59. The van der Waals surface area contributed by atoms with Gasteiger partial charge in [-0.15, -0.1) is 0 Å². The molecule has 0 saturated carbocycles. The minimum Gasteiger partial charge on any atom is -0.313 e. The molecule has 0 aliphatic carbocycles. The van der Waals surface area contributed by atoms with Gasteiger partial charge in [-0.2, -0.15) is 0 Å². The molecule has 0 heterocycles. The van der Waals surface area contributed by atoms with E-state index in [0.29, 0.717) is 6.04 Å². The number of benzene rings is 1. The summed E-state index contributed by atoms with van der Waals surface area (Å²) in [5, 5.41) is 3.76. The summed E-state index contributed by atoms with van der Waals surface area (Å²) in [5.41, 5.74) is 1.94. The van der Waals surface area contributed by atoms with Crippen LogP contribution in [0.4, 0.5) is 0 Å². The van der Waals surface area contributed by atoms with Gasteiger partial charge in [-0.1, -0.05) is 71.9 Å². The van der Waals surface area contributed by atoms with Gasteiger partial charge >= 0.3 is 0 Å². The number of hydrogen-bond donors (Lipinski definition) is 1. The lowest BCUT2D eigenvalue weighted by Crippen LogP contribution is -2.55. The third-order valence-electron chi connectivity index (χ3n) is 4.44. The fourth-order valence-corrected chi connectivity index (χ4v) is 3.54. The van der Waals surface area contributed by atoms with Crippen LogP contribution in [0.1, 0.15) is 59.9 Å². The fraction of sp³-hybridized carbons (Fsp3) is 0.667. The van der Waals surface area contributed by atoms with Crippen LogP contribution >= 0.6 is 0 Å². The van der Waals surface area contributed by atoms with E-state index in [4.69, 9.17) is 0 Å². The molecule has 0 amide bonds. The van der Waals surface area contributed by atoms with Gasteiger partial charge in [0.1, 0.15) is 0 Å². The quantitative estimate of drug-likeness (QED) is 0.778. The molecule has 0 aliphatic rings. The van der Waals surface area contributed by atoms with Gasteiger partial charge in [-0.3, -0.25) is 0 Å². The zero-order valence-corrected chi connectivity index (χ0v) is 13.6. The van der Waals surface area contributed by atoms with Crippen LogP contribution in [-0.4, -0.2) is 12.6 Å². The molecule has 0 bridgehead atoms. The van der Waals surface area contributed by atoms with Crippen LogP contribution in [0.25, 0.3) is 0 Å². The van der Waals surface area contributed by atoms with Gasteiger partial charge < -0.3 is 5.32 Å². The minimum absolute atomic E-state index is 0.218. The molecule has 0 fully saturated rings. The van der Waals surface area contributed by atoms with Crippen molar-refractivity contribution in [2.24, 2.45) is 5.41 Å². The zero-order chi connectivity index (χ0) is 14.5. The van der Waals surface area contributed by atoms with E-state index in [1.165, 1.54) is 18.4 Å². The van der Waals surface area contributed by atoms with Crippen LogP contribution in [-0.2, 0) is 5.41 Å². The maximum absolute atomic E-state index is 3.76. The van der Waals surface area contributed by atoms with E-state index in [0.717, 1.165) is 6.54 Å². The molecule has 0 saturated heterocycles. The van der Waals surface area contributed by atoms with E-state index in [1.807, 2.05) is 0 Å². The van der Waals surface area contributed by atoms with Crippen molar-refractivity contribution in [3.63, 3.8) is 0 Å². The van der Waals surface area contributed by atoms with Gasteiger partial charge in [0.25, 0.3) is 0 Å². The highest BCUT2D eigenvalue weighted by Gasteiger charge is 2.42. The summed E-state index contributed by atoms with van der Waals surface area (Å²) in [6.45, 7) is 14.9. The molecule has 1 nitrogen and oxygen atoms in total. The molecule has 1 aromatic rings. The van der Waals surface area contributed by atoms with Crippen molar-refractivity contribution in [2.45, 2.75) is 65.8 Å². The van der Waals surface area contributed by atoms with Gasteiger partial charge in [0.15, 0.2) is 0 Å². The van der Waals surface area contributed by atoms with E-state index >= 15 is 0 Å². The fourth-order valence-electron chi connectivity index (χ4n) is 3.54. The van der Waals surface area contributed by atoms with Crippen molar-refractivity contribution < 1.29 is 0 Å². The Morgan fingerprint density at radius 2 is 1.47 bits per heavy atom. The van der Waals surface area contributed by atoms with E-state index in [-0.39, 0.29) is 10.8 Å². The molecule has 1 atom stereocenters. The third-order valence-corrected chi connectivity index (χ3v) is 4.44. The van der Waals surface area contributed by atoms with E-state index < -0.39 is 0 Å².